The number of rotatable bonds is 6. The molecular weight excluding hydrogens is 332 g/mol. The molecule has 0 spiro atoms. The molecule has 1 atom stereocenters. The molecule has 0 saturated carbocycles. The van der Waals surface area contributed by atoms with Gasteiger partial charge < -0.3 is 19.5 Å². The van der Waals surface area contributed by atoms with Gasteiger partial charge >= 0.3 is 0 Å². The van der Waals surface area contributed by atoms with Crippen LogP contribution < -0.4 is 9.47 Å². The zero-order valence-electron chi connectivity index (χ0n) is 16.8. The van der Waals surface area contributed by atoms with Gasteiger partial charge in [0, 0.05) is 19.1 Å². The van der Waals surface area contributed by atoms with Crippen LogP contribution in [0.25, 0.3) is 0 Å². The number of hydrogen-bond acceptors (Lipinski definition) is 5. The predicted molar refractivity (Wildman–Crippen MR) is 102 cm³/mol. The number of benzene rings is 1. The topological polar surface area (TPSA) is 62.2 Å². The predicted octanol–water partition coefficient (Wildman–Crippen LogP) is 1.93. The quantitative estimate of drug-likeness (QED) is 0.836. The molecule has 0 saturated heterocycles. The molecule has 0 aromatic heterocycles. The lowest BCUT2D eigenvalue weighted by atomic mass is 9.86. The first-order valence-corrected chi connectivity index (χ1v) is 9.04. The van der Waals surface area contributed by atoms with Crippen LogP contribution in [0.1, 0.15) is 31.9 Å². The molecule has 6 heteroatoms. The van der Waals surface area contributed by atoms with E-state index in [1.165, 1.54) is 5.56 Å². The molecule has 0 fully saturated rings. The molecule has 26 heavy (non-hydrogen) atoms. The van der Waals surface area contributed by atoms with Crippen molar-refractivity contribution in [3.05, 3.63) is 23.3 Å². The van der Waals surface area contributed by atoms with Crippen LogP contribution in [0.3, 0.4) is 0 Å². The molecule has 1 unspecified atom stereocenters. The molecule has 1 aromatic carbocycles. The first-order valence-electron chi connectivity index (χ1n) is 9.04. The van der Waals surface area contributed by atoms with Crippen molar-refractivity contribution in [3.63, 3.8) is 0 Å². The van der Waals surface area contributed by atoms with Gasteiger partial charge in [0.05, 0.1) is 27.4 Å². The van der Waals surface area contributed by atoms with Gasteiger partial charge in [0.25, 0.3) is 0 Å². The second-order valence-corrected chi connectivity index (χ2v) is 8.02. The van der Waals surface area contributed by atoms with Crippen molar-refractivity contribution in [1.82, 2.24) is 9.80 Å². The fraction of sp³-hybridized carbons (Fsp3) is 0.650. The third-order valence-electron chi connectivity index (χ3n) is 5.16. The highest BCUT2D eigenvalue weighted by Gasteiger charge is 2.30. The van der Waals surface area contributed by atoms with E-state index in [9.17, 15) is 9.90 Å². The van der Waals surface area contributed by atoms with Crippen LogP contribution in [-0.2, 0) is 17.8 Å². The smallest absolute Gasteiger partial charge is 0.237 e. The van der Waals surface area contributed by atoms with Crippen molar-refractivity contribution in [2.24, 2.45) is 5.41 Å². The number of nitrogens with zero attached hydrogens (tertiary/aromatic N) is 2. The largest absolute Gasteiger partial charge is 0.493 e. The molecule has 146 valence electrons. The molecule has 1 N–H and O–H groups in total. The molecule has 1 aliphatic rings. The van der Waals surface area contributed by atoms with Crippen molar-refractivity contribution < 1.29 is 19.4 Å². The lowest BCUT2D eigenvalue weighted by Crippen LogP contribution is -2.49. The van der Waals surface area contributed by atoms with Crippen LogP contribution in [0.5, 0.6) is 11.5 Å². The zero-order valence-corrected chi connectivity index (χ0v) is 16.8. The number of amides is 1. The molecule has 1 amide bonds. The van der Waals surface area contributed by atoms with E-state index in [1.54, 1.807) is 14.2 Å². The Labute approximate surface area is 156 Å². The number of carbonyl (C=O) groups is 1. The van der Waals surface area contributed by atoms with Gasteiger partial charge in [-0.25, -0.2) is 0 Å². The Bertz CT molecular complexity index is 639. The minimum atomic E-state index is -0.0950. The molecule has 0 radical (unpaired) electrons. The Morgan fingerprint density at radius 1 is 1.23 bits per heavy atom. The SMILES string of the molecule is COc1cc2c(cc1OC)CN(C(=O)CN(C)C(CO)C(C)(C)C)CC2. The molecule has 1 aliphatic heterocycles. The van der Waals surface area contributed by atoms with E-state index in [2.05, 4.69) is 20.8 Å². The van der Waals surface area contributed by atoms with E-state index in [-0.39, 0.29) is 24.0 Å². The summed E-state index contributed by atoms with van der Waals surface area (Å²) < 4.78 is 10.7. The maximum Gasteiger partial charge on any atom is 0.237 e. The summed E-state index contributed by atoms with van der Waals surface area (Å²) >= 11 is 0. The Morgan fingerprint density at radius 2 is 1.81 bits per heavy atom. The lowest BCUT2D eigenvalue weighted by Gasteiger charge is -2.38. The summed E-state index contributed by atoms with van der Waals surface area (Å²) in [5.74, 6) is 1.49. The number of hydrogen-bond donors (Lipinski definition) is 1. The van der Waals surface area contributed by atoms with Crippen LogP contribution >= 0.6 is 0 Å². The normalized spacial score (nSPS) is 15.6. The number of aliphatic hydroxyl groups excluding tert-OH is 1. The van der Waals surface area contributed by atoms with Gasteiger partial charge in [0.15, 0.2) is 11.5 Å². The van der Waals surface area contributed by atoms with Crippen molar-refractivity contribution >= 4 is 5.91 Å². The Balaban J connectivity index is 2.09. The molecule has 1 aromatic rings. The average Bonchev–Trinajstić information content (AvgIpc) is 2.59. The number of likely N-dealkylation sites (N-methyl/N-ethyl adjacent to an activating group) is 1. The van der Waals surface area contributed by atoms with Crippen molar-refractivity contribution in [1.29, 1.82) is 0 Å². The van der Waals surface area contributed by atoms with E-state index < -0.39 is 0 Å². The number of carbonyl (C=O) groups excluding carboxylic acids is 1. The third-order valence-corrected chi connectivity index (χ3v) is 5.16. The van der Waals surface area contributed by atoms with E-state index >= 15 is 0 Å². The fourth-order valence-electron chi connectivity index (χ4n) is 3.59. The minimum Gasteiger partial charge on any atom is -0.493 e. The summed E-state index contributed by atoms with van der Waals surface area (Å²) in [4.78, 5) is 16.6. The van der Waals surface area contributed by atoms with Gasteiger partial charge in [-0.15, -0.1) is 0 Å². The van der Waals surface area contributed by atoms with Gasteiger partial charge in [0.1, 0.15) is 0 Å². The van der Waals surface area contributed by atoms with E-state index in [1.807, 2.05) is 29.0 Å². The standard InChI is InChI=1S/C20H32N2O4/c1-20(2,3)18(13-23)21(4)12-19(24)22-8-7-14-9-16(25-5)17(26-6)10-15(14)11-22/h9-10,18,23H,7-8,11-13H2,1-6H3. The highest BCUT2D eigenvalue weighted by atomic mass is 16.5. The van der Waals surface area contributed by atoms with E-state index in [0.29, 0.717) is 25.4 Å². The number of fused-ring (bicyclic) bond motifs is 1. The zero-order chi connectivity index (χ0) is 19.5. The second-order valence-electron chi connectivity index (χ2n) is 8.02. The Kier molecular flexibility index (Phi) is 6.53. The number of ether oxygens (including phenoxy) is 2. The summed E-state index contributed by atoms with van der Waals surface area (Å²) in [5, 5.41) is 9.70. The summed E-state index contributed by atoms with van der Waals surface area (Å²) in [5.41, 5.74) is 2.20. The molecular formula is C20H32N2O4. The van der Waals surface area contributed by atoms with E-state index in [4.69, 9.17) is 9.47 Å². The minimum absolute atomic E-state index is 0.0348. The second kappa shape index (κ2) is 8.27. The highest BCUT2D eigenvalue weighted by Crippen LogP contribution is 2.33. The molecule has 6 nitrogen and oxygen atoms in total. The summed E-state index contributed by atoms with van der Waals surface area (Å²) in [6, 6.07) is 3.90. The summed E-state index contributed by atoms with van der Waals surface area (Å²) in [6.45, 7) is 7.82. The van der Waals surface area contributed by atoms with Gasteiger partial charge in [-0.05, 0) is 42.1 Å². The maximum atomic E-state index is 12.8. The molecule has 0 bridgehead atoms. The highest BCUT2D eigenvalue weighted by molar-refractivity contribution is 5.78. The third kappa shape index (κ3) is 4.48. The van der Waals surface area contributed by atoms with Crippen LogP contribution in [-0.4, -0.2) is 67.8 Å². The maximum absolute atomic E-state index is 12.8. The van der Waals surface area contributed by atoms with Gasteiger partial charge in [-0.1, -0.05) is 20.8 Å². The molecule has 1 heterocycles. The Morgan fingerprint density at radius 3 is 2.31 bits per heavy atom. The monoisotopic (exact) mass is 364 g/mol. The van der Waals surface area contributed by atoms with Gasteiger partial charge in [-0.3, -0.25) is 9.69 Å². The molecule has 2 rings (SSSR count). The van der Waals surface area contributed by atoms with Crippen molar-refractivity contribution in [2.75, 3.05) is 41.0 Å². The first-order chi connectivity index (χ1) is 12.2. The fourth-order valence-corrected chi connectivity index (χ4v) is 3.59. The van der Waals surface area contributed by atoms with Crippen LogP contribution in [0.15, 0.2) is 12.1 Å². The summed E-state index contributed by atoms with van der Waals surface area (Å²) in [6.07, 6.45) is 0.799. The van der Waals surface area contributed by atoms with Crippen molar-refractivity contribution in [2.45, 2.75) is 39.8 Å². The van der Waals surface area contributed by atoms with Crippen LogP contribution in [0.4, 0.5) is 0 Å². The number of methoxy groups -OCH3 is 2. The van der Waals surface area contributed by atoms with Gasteiger partial charge in [-0.2, -0.15) is 0 Å². The van der Waals surface area contributed by atoms with E-state index in [0.717, 1.165) is 17.7 Å². The van der Waals surface area contributed by atoms with Crippen molar-refractivity contribution in [3.8, 4) is 11.5 Å². The summed E-state index contributed by atoms with van der Waals surface area (Å²) in [7, 11) is 5.15. The van der Waals surface area contributed by atoms with Crippen LogP contribution in [0.2, 0.25) is 0 Å². The lowest BCUT2D eigenvalue weighted by molar-refractivity contribution is -0.134. The Hall–Kier alpha value is -1.79. The number of aliphatic hydroxyl groups is 1. The van der Waals surface area contributed by atoms with Crippen LogP contribution in [0, 0.1) is 5.41 Å². The molecule has 0 aliphatic carbocycles. The van der Waals surface area contributed by atoms with Gasteiger partial charge in [0.2, 0.25) is 5.91 Å². The first kappa shape index (κ1) is 20.5. The average molecular weight is 364 g/mol.